The van der Waals surface area contributed by atoms with E-state index in [0.29, 0.717) is 0 Å². The number of carboxylic acid groups (broad SMARTS) is 1. The van der Waals surface area contributed by atoms with Gasteiger partial charge in [0, 0.05) is 21.3 Å². The van der Waals surface area contributed by atoms with Gasteiger partial charge in [-0.15, -0.1) is 0 Å². The monoisotopic (exact) mass is 1010 g/mol. The topological polar surface area (TPSA) is 411 Å². The van der Waals surface area contributed by atoms with Crippen molar-refractivity contribution >= 4 is 5.97 Å². The Labute approximate surface area is 398 Å². The molecule has 27 nitrogen and oxygen atoms in total. The molecule has 69 heavy (non-hydrogen) atoms. The molecule has 0 spiro atoms. The third-order valence-electron chi connectivity index (χ3n) is 13.3. The van der Waals surface area contributed by atoms with Crippen molar-refractivity contribution in [2.45, 2.75) is 232 Å². The molecule has 0 radical (unpaired) electrons. The first-order valence-electron chi connectivity index (χ1n) is 22.8. The van der Waals surface area contributed by atoms with Gasteiger partial charge >= 0.3 is 5.97 Å². The Hall–Kier alpha value is -1.53. The largest absolute Gasteiger partial charge is 0.479 e. The number of carboxylic acids is 1. The van der Waals surface area contributed by atoms with Crippen molar-refractivity contribution in [1.29, 1.82) is 0 Å². The van der Waals surface area contributed by atoms with Crippen molar-refractivity contribution in [2.24, 2.45) is 0 Å². The average Bonchev–Trinajstić information content (AvgIpc) is 3.30. The predicted octanol–water partition coefficient (Wildman–Crippen LogP) is -6.82. The lowest BCUT2D eigenvalue weighted by Gasteiger charge is -2.48. The first-order valence-corrected chi connectivity index (χ1v) is 22.8. The molecule has 6 fully saturated rings. The zero-order valence-corrected chi connectivity index (χ0v) is 40.1. The van der Waals surface area contributed by atoms with E-state index in [4.69, 9.17) is 61.9 Å². The summed E-state index contributed by atoms with van der Waals surface area (Å²) in [5.74, 6) is -1.33. The fourth-order valence-electron chi connectivity index (χ4n) is 8.84. The van der Waals surface area contributed by atoms with Crippen LogP contribution in [0.15, 0.2) is 0 Å². The van der Waals surface area contributed by atoms with Crippen LogP contribution in [0.1, 0.15) is 48.5 Å². The molecular weight excluding hydrogens is 936 g/mol. The van der Waals surface area contributed by atoms with Gasteiger partial charge in [-0.05, 0) is 48.5 Å². The molecule has 406 valence electrons. The highest BCUT2D eigenvalue weighted by molar-refractivity contribution is 5.73. The van der Waals surface area contributed by atoms with Crippen LogP contribution in [0.5, 0.6) is 0 Å². The van der Waals surface area contributed by atoms with E-state index in [2.05, 4.69) is 0 Å². The summed E-state index contributed by atoms with van der Waals surface area (Å²) in [7, 11) is 3.99. The van der Waals surface area contributed by atoms with Crippen LogP contribution in [0.4, 0.5) is 0 Å². The third-order valence-corrected chi connectivity index (χ3v) is 13.3. The summed E-state index contributed by atoms with van der Waals surface area (Å²) in [6.07, 6.45) is -32.9. The number of methoxy groups -OCH3 is 3. The minimum atomic E-state index is -1.61. The van der Waals surface area contributed by atoms with E-state index in [-0.39, 0.29) is 6.61 Å². The van der Waals surface area contributed by atoms with Gasteiger partial charge < -0.3 is 128 Å². The van der Waals surface area contributed by atoms with Crippen LogP contribution in [0.2, 0.25) is 0 Å². The second-order valence-corrected chi connectivity index (χ2v) is 18.1. The van der Waals surface area contributed by atoms with E-state index >= 15 is 0 Å². The van der Waals surface area contributed by atoms with E-state index in [1.54, 1.807) is 20.8 Å². The summed E-state index contributed by atoms with van der Waals surface area (Å²) in [5.41, 5.74) is 0. The van der Waals surface area contributed by atoms with Crippen molar-refractivity contribution in [3.8, 4) is 0 Å². The second kappa shape index (κ2) is 26.1. The Morgan fingerprint density at radius 3 is 1.23 bits per heavy atom. The molecule has 14 N–H and O–H groups in total. The zero-order chi connectivity index (χ0) is 52.1. The Balaban J connectivity index is 0.000000246. The van der Waals surface area contributed by atoms with Gasteiger partial charge in [0.2, 0.25) is 0 Å². The highest BCUT2D eigenvalue weighted by Crippen LogP contribution is 2.34. The number of carbonyl (C=O) groups is 1. The van der Waals surface area contributed by atoms with Gasteiger partial charge in [0.05, 0.1) is 49.3 Å². The molecule has 6 aliphatic rings. The van der Waals surface area contributed by atoms with Gasteiger partial charge in [-0.2, -0.15) is 0 Å². The average molecular weight is 1010 g/mol. The maximum Gasteiger partial charge on any atom is 0.335 e. The van der Waals surface area contributed by atoms with Crippen LogP contribution in [-0.4, -0.2) is 289 Å². The number of aliphatic hydroxyl groups is 13. The molecule has 6 saturated heterocycles. The molecule has 30 atom stereocenters. The molecule has 6 heterocycles. The first kappa shape index (κ1) is 60.0. The lowest BCUT2D eigenvalue weighted by Crippen LogP contribution is -2.65. The van der Waals surface area contributed by atoms with Gasteiger partial charge in [0.25, 0.3) is 0 Å². The second-order valence-electron chi connectivity index (χ2n) is 18.1. The van der Waals surface area contributed by atoms with Gasteiger partial charge in [-0.1, -0.05) is 0 Å². The smallest absolute Gasteiger partial charge is 0.335 e. The van der Waals surface area contributed by atoms with Crippen LogP contribution in [0.25, 0.3) is 0 Å². The van der Waals surface area contributed by atoms with Crippen molar-refractivity contribution < 1.29 is 133 Å². The molecule has 0 aliphatic carbocycles. The van der Waals surface area contributed by atoms with E-state index < -0.39 is 190 Å². The summed E-state index contributed by atoms with van der Waals surface area (Å²) in [6, 6.07) is 0. The van der Waals surface area contributed by atoms with Gasteiger partial charge in [0.1, 0.15) is 116 Å². The van der Waals surface area contributed by atoms with Crippen molar-refractivity contribution in [3.05, 3.63) is 0 Å². The first-order chi connectivity index (χ1) is 32.3. The van der Waals surface area contributed by atoms with Crippen LogP contribution < -0.4 is 0 Å². The molecule has 0 aromatic carbocycles. The summed E-state index contributed by atoms with van der Waals surface area (Å²) >= 11 is 0. The van der Waals surface area contributed by atoms with E-state index in [9.17, 15) is 71.2 Å². The summed E-state index contributed by atoms with van der Waals surface area (Å²) in [5, 5.41) is 139. The molecule has 27 unspecified atom stereocenters. The zero-order valence-electron chi connectivity index (χ0n) is 40.1. The normalized spacial score (nSPS) is 51.6. The van der Waals surface area contributed by atoms with Crippen LogP contribution in [-0.2, 0) is 61.6 Å². The van der Waals surface area contributed by atoms with Gasteiger partial charge in [-0.25, -0.2) is 4.79 Å². The van der Waals surface area contributed by atoms with Crippen LogP contribution in [0.3, 0.4) is 0 Å². The molecule has 6 aliphatic heterocycles. The summed E-state index contributed by atoms with van der Waals surface area (Å²) in [6.45, 7) is 10.7. The highest BCUT2D eigenvalue weighted by atomic mass is 16.8. The molecule has 0 bridgehead atoms. The molecule has 0 aromatic heterocycles. The number of hydrogen-bond acceptors (Lipinski definition) is 26. The quantitative estimate of drug-likeness (QED) is 0.0915. The number of rotatable bonds is 11. The highest BCUT2D eigenvalue weighted by Gasteiger charge is 2.54. The number of hydrogen-bond donors (Lipinski definition) is 14. The minimum absolute atomic E-state index is 0.280. The predicted molar refractivity (Wildman–Crippen MR) is 225 cm³/mol. The van der Waals surface area contributed by atoms with E-state index in [1.807, 2.05) is 0 Å². The maximum absolute atomic E-state index is 11.4. The minimum Gasteiger partial charge on any atom is -0.479 e. The molecule has 0 amide bonds. The Morgan fingerprint density at radius 2 is 0.739 bits per heavy atom. The Bertz CT molecular complexity index is 1540. The van der Waals surface area contributed by atoms with E-state index in [1.165, 1.54) is 49.0 Å². The van der Waals surface area contributed by atoms with Gasteiger partial charge in [0.15, 0.2) is 25.0 Å². The van der Waals surface area contributed by atoms with Crippen molar-refractivity contribution in [2.75, 3.05) is 27.9 Å². The Kier molecular flexibility index (Phi) is 22.7. The van der Waals surface area contributed by atoms with E-state index in [0.717, 1.165) is 0 Å². The van der Waals surface area contributed by atoms with Crippen LogP contribution >= 0.6 is 0 Å². The molecular formula is C42H76O27. The van der Waals surface area contributed by atoms with Crippen LogP contribution in [0, 0.1) is 0 Å². The number of ether oxygens (including phenoxy) is 12. The summed E-state index contributed by atoms with van der Waals surface area (Å²) < 4.78 is 65.2. The fraction of sp³-hybridized carbons (Fsp3) is 0.976. The maximum atomic E-state index is 11.4. The SMILES string of the molecule is COC1C(O)C(CO)O[C@H](C)C1O.COC1C(OC2C(OC3C(O)C(O)C(C)O[C@H]3C)OC(C)C(O)C2O)OC(C)C(O)C1O.COC1C(OC2OC(C)C(O)C(O)C2O)C(C(=O)O)O[C@H](C)C1O. The molecule has 0 aromatic rings. The summed E-state index contributed by atoms with van der Waals surface area (Å²) in [4.78, 5) is 11.4. The lowest BCUT2D eigenvalue weighted by molar-refractivity contribution is -0.378. The fourth-order valence-corrected chi connectivity index (χ4v) is 8.84. The number of aliphatic hydroxyl groups excluding tert-OH is 13. The van der Waals surface area contributed by atoms with Gasteiger partial charge in [-0.3, -0.25) is 0 Å². The third kappa shape index (κ3) is 13.6. The lowest BCUT2D eigenvalue weighted by atomic mass is 9.94. The molecule has 0 saturated carbocycles. The molecule has 27 heteroatoms. The Morgan fingerprint density at radius 1 is 0.362 bits per heavy atom. The number of aliphatic carboxylic acids is 1. The standard InChI is InChI=1S/C20H36O12.C14H24O10.C8H16O5/c1-6-10(21)13(24)16(9(4)28-6)31-20-18(15(26)12(23)8(3)30-20)32-19-17(27-5)14(25)11(22)7(2)29-19;1-4-6(15)8(17)9(18)14(23-4)24-11-10(21-3)7(16)5(2)22-12(11)13(19)20;1-4-6(10)8(12-2)7(11)5(3-9)13-4/h6-26H,1-5H3;4-12,14-18H,1-3H3,(H,19,20);4-11H,3H2,1-2H3/t6?,7?,8?,9-,10?,11?,12?,13?,14?,15?,16?,17?,18?,19?,20?;4?,5-,6?,7?,8?,9?,10?,11?,12?,14?;4-,5?,6?,7?,8?/m011/s1. The van der Waals surface area contributed by atoms with Crippen molar-refractivity contribution in [3.63, 3.8) is 0 Å². The van der Waals surface area contributed by atoms with Crippen molar-refractivity contribution in [1.82, 2.24) is 0 Å². The molecule has 6 rings (SSSR count).